The third-order valence-corrected chi connectivity index (χ3v) is 1.93. The van der Waals surface area contributed by atoms with E-state index in [1.165, 1.54) is 0 Å². The number of hydrogen-bond donors (Lipinski definition) is 0. The lowest BCUT2D eigenvalue weighted by molar-refractivity contribution is 0.121. The van der Waals surface area contributed by atoms with Gasteiger partial charge in [0, 0.05) is 13.2 Å². The highest BCUT2D eigenvalue weighted by molar-refractivity contribution is 6.66. The van der Waals surface area contributed by atoms with Crippen molar-refractivity contribution in [2.45, 2.75) is 26.7 Å². The van der Waals surface area contributed by atoms with E-state index in [1.54, 1.807) is 0 Å². The summed E-state index contributed by atoms with van der Waals surface area (Å²) in [4.78, 5) is 0. The number of hydrogen-bond acceptors (Lipinski definition) is 1. The van der Waals surface area contributed by atoms with Crippen LogP contribution in [-0.4, -0.2) is 20.2 Å². The van der Waals surface area contributed by atoms with Crippen molar-refractivity contribution in [3.8, 4) is 0 Å². The molecule has 0 N–H and O–H groups in total. The molecule has 1 unspecified atom stereocenters. The fraction of sp³-hybridized carbons (Fsp3) is 0.778. The summed E-state index contributed by atoms with van der Waals surface area (Å²) in [7, 11) is 0. The zero-order valence-electron chi connectivity index (χ0n) is 8.73. The molecule has 1 atom stereocenters. The van der Waals surface area contributed by atoms with Gasteiger partial charge >= 0.3 is 6.98 Å². The molecule has 0 aromatic heterocycles. The summed E-state index contributed by atoms with van der Waals surface area (Å²) in [5.41, 5.74) is -0.756. The topological polar surface area (TPSA) is 9.23 Å². The van der Waals surface area contributed by atoms with Crippen LogP contribution in [0.2, 0.25) is 0 Å². The first kappa shape index (κ1) is 13.6. The fourth-order valence-electron chi connectivity index (χ4n) is 1.06. The second kappa shape index (κ2) is 6.12. The molecule has 0 saturated carbocycles. The second-order valence-corrected chi connectivity index (χ2v) is 3.64. The van der Waals surface area contributed by atoms with Gasteiger partial charge in [-0.2, -0.15) is 0 Å². The van der Waals surface area contributed by atoms with Crippen molar-refractivity contribution in [3.05, 3.63) is 12.1 Å². The van der Waals surface area contributed by atoms with Crippen molar-refractivity contribution in [1.29, 1.82) is 0 Å². The van der Waals surface area contributed by atoms with Gasteiger partial charge in [-0.3, -0.25) is 0 Å². The van der Waals surface area contributed by atoms with Gasteiger partial charge in [-0.25, -0.2) is 0 Å². The van der Waals surface area contributed by atoms with E-state index in [2.05, 4.69) is 6.58 Å². The average molecular weight is 209 g/mol. The summed E-state index contributed by atoms with van der Waals surface area (Å²) < 4.78 is 40.9. The Hall–Kier alpha value is -0.445. The maximum Gasteiger partial charge on any atom is 0.507 e. The van der Waals surface area contributed by atoms with Crippen LogP contribution in [0.15, 0.2) is 12.1 Å². The Kier molecular flexibility index (Phi) is 5.92. The first-order chi connectivity index (χ1) is 6.38. The molecule has 0 aromatic rings. The molecule has 0 amide bonds. The van der Waals surface area contributed by atoms with Crippen LogP contribution in [0.5, 0.6) is 0 Å². The highest BCUT2D eigenvalue weighted by Gasteiger charge is 2.26. The van der Waals surface area contributed by atoms with Gasteiger partial charge in [0.2, 0.25) is 0 Å². The predicted molar refractivity (Wildman–Crippen MR) is 53.1 cm³/mol. The van der Waals surface area contributed by atoms with Crippen LogP contribution in [-0.2, 0) is 4.74 Å². The molecule has 0 saturated heterocycles. The molecule has 0 spiro atoms. The largest absolute Gasteiger partial charge is 0.507 e. The Balaban J connectivity index is 3.59. The van der Waals surface area contributed by atoms with Gasteiger partial charge < -0.3 is 17.7 Å². The maximum absolute atomic E-state index is 12.0. The summed E-state index contributed by atoms with van der Waals surface area (Å²) in [6, 6.07) is 0. The van der Waals surface area contributed by atoms with Crippen LogP contribution in [0.4, 0.5) is 12.9 Å². The molecule has 0 aromatic carbocycles. The normalized spacial score (nSPS) is 14.1. The van der Waals surface area contributed by atoms with E-state index in [0.29, 0.717) is 12.5 Å². The van der Waals surface area contributed by atoms with E-state index in [1.807, 2.05) is 13.8 Å². The number of rotatable bonds is 7. The molecule has 14 heavy (non-hydrogen) atoms. The molecular weight excluding hydrogens is 192 g/mol. The summed E-state index contributed by atoms with van der Waals surface area (Å²) >= 11 is 0. The molecule has 5 heteroatoms. The van der Waals surface area contributed by atoms with E-state index in [0.717, 1.165) is 12.8 Å². The Bertz CT molecular complexity index is 179. The van der Waals surface area contributed by atoms with Crippen LogP contribution in [0.25, 0.3) is 0 Å². The lowest BCUT2D eigenvalue weighted by Gasteiger charge is -2.19. The number of halogens is 3. The van der Waals surface area contributed by atoms with Crippen LogP contribution >= 0.6 is 0 Å². The minimum atomic E-state index is -4.93. The third kappa shape index (κ3) is 6.08. The average Bonchev–Trinajstić information content (AvgIpc) is 2.02. The van der Waals surface area contributed by atoms with Gasteiger partial charge in [-0.05, 0) is 12.3 Å². The van der Waals surface area contributed by atoms with Crippen molar-refractivity contribution < 1.29 is 17.7 Å². The predicted octanol–water partition coefficient (Wildman–Crippen LogP) is 3.38. The standard InChI is InChI=1S/C9H17BF3O/c1-4-5-8(2)6-14-7-9(3)10(11,12)13/h8H,3-7H2,1-2H3/q-1. The lowest BCUT2D eigenvalue weighted by Crippen LogP contribution is -2.23. The van der Waals surface area contributed by atoms with Crippen molar-refractivity contribution in [3.63, 3.8) is 0 Å². The molecule has 0 radical (unpaired) electrons. The van der Waals surface area contributed by atoms with E-state index in [4.69, 9.17) is 4.74 Å². The molecular formula is C9H17BF3O-. The van der Waals surface area contributed by atoms with Gasteiger partial charge in [-0.15, -0.1) is 12.1 Å². The molecule has 0 fully saturated rings. The third-order valence-electron chi connectivity index (χ3n) is 1.93. The molecule has 0 aliphatic rings. The zero-order valence-corrected chi connectivity index (χ0v) is 8.73. The highest BCUT2D eigenvalue weighted by atomic mass is 19.4. The van der Waals surface area contributed by atoms with Crippen molar-refractivity contribution in [1.82, 2.24) is 0 Å². The first-order valence-electron chi connectivity index (χ1n) is 4.83. The monoisotopic (exact) mass is 209 g/mol. The molecule has 84 valence electrons. The Morgan fingerprint density at radius 2 is 2.00 bits per heavy atom. The molecule has 0 bridgehead atoms. The molecule has 0 aliphatic heterocycles. The highest BCUT2D eigenvalue weighted by Crippen LogP contribution is 2.18. The van der Waals surface area contributed by atoms with E-state index >= 15 is 0 Å². The van der Waals surface area contributed by atoms with E-state index in [9.17, 15) is 12.9 Å². The zero-order chi connectivity index (χ0) is 11.2. The van der Waals surface area contributed by atoms with Crippen molar-refractivity contribution in [2.75, 3.05) is 13.2 Å². The lowest BCUT2D eigenvalue weighted by atomic mass is 9.81. The van der Waals surface area contributed by atoms with E-state index in [-0.39, 0.29) is 0 Å². The quantitative estimate of drug-likeness (QED) is 0.584. The van der Waals surface area contributed by atoms with Crippen molar-refractivity contribution >= 4 is 6.98 Å². The summed E-state index contributed by atoms with van der Waals surface area (Å²) in [5, 5.41) is 0. The Morgan fingerprint density at radius 3 is 2.43 bits per heavy atom. The minimum absolute atomic E-state index is 0.313. The smallest absolute Gasteiger partial charge is 0.445 e. The van der Waals surface area contributed by atoms with E-state index < -0.39 is 19.1 Å². The van der Waals surface area contributed by atoms with Gasteiger partial charge in [0.1, 0.15) is 0 Å². The van der Waals surface area contributed by atoms with Gasteiger partial charge in [0.25, 0.3) is 0 Å². The van der Waals surface area contributed by atoms with Gasteiger partial charge in [0.15, 0.2) is 0 Å². The minimum Gasteiger partial charge on any atom is -0.445 e. The van der Waals surface area contributed by atoms with Crippen LogP contribution in [0.1, 0.15) is 26.7 Å². The van der Waals surface area contributed by atoms with Gasteiger partial charge in [-0.1, -0.05) is 20.3 Å². The van der Waals surface area contributed by atoms with Crippen LogP contribution in [0, 0.1) is 5.92 Å². The Morgan fingerprint density at radius 1 is 1.43 bits per heavy atom. The molecule has 0 rings (SSSR count). The summed E-state index contributed by atoms with van der Waals surface area (Å²) in [6.45, 7) is 2.00. The molecule has 0 aliphatic carbocycles. The fourth-order valence-corrected chi connectivity index (χ4v) is 1.06. The summed E-state index contributed by atoms with van der Waals surface area (Å²) in [5.74, 6) is 0.313. The Labute approximate surface area is 83.4 Å². The molecule has 0 heterocycles. The summed E-state index contributed by atoms with van der Waals surface area (Å²) in [6.07, 6.45) is 2.00. The SMILES string of the molecule is C=C(COCC(C)CCC)[B-](F)(F)F. The van der Waals surface area contributed by atoms with Crippen molar-refractivity contribution in [2.24, 2.45) is 5.92 Å². The van der Waals surface area contributed by atoms with Gasteiger partial charge in [0.05, 0.1) is 0 Å². The number of ether oxygens (including phenoxy) is 1. The maximum atomic E-state index is 12.0. The second-order valence-electron chi connectivity index (χ2n) is 3.64. The van der Waals surface area contributed by atoms with Crippen LogP contribution < -0.4 is 0 Å². The molecule has 1 nitrogen and oxygen atoms in total. The first-order valence-corrected chi connectivity index (χ1v) is 4.83. The van der Waals surface area contributed by atoms with Crippen LogP contribution in [0.3, 0.4) is 0 Å².